The highest BCUT2D eigenvalue weighted by atomic mass is 35.5. The normalized spacial score (nSPS) is 12.6. The van der Waals surface area contributed by atoms with Crippen LogP contribution in [0.2, 0.25) is 5.02 Å². The number of rotatable bonds is 5. The number of nitrogen functional groups attached to an aromatic ring is 1. The third-order valence-electron chi connectivity index (χ3n) is 3.86. The molecule has 1 heterocycles. The molecule has 0 atom stereocenters. The van der Waals surface area contributed by atoms with E-state index in [1.54, 1.807) is 0 Å². The Morgan fingerprint density at radius 2 is 1.70 bits per heavy atom. The molecule has 0 saturated heterocycles. The lowest BCUT2D eigenvalue weighted by atomic mass is 10.3. The van der Waals surface area contributed by atoms with Crippen molar-refractivity contribution in [2.24, 2.45) is 0 Å². The summed E-state index contributed by atoms with van der Waals surface area (Å²) in [6, 6.07) is 10.0. The average molecular weight is 429 g/mol. The van der Waals surface area contributed by atoms with Crippen LogP contribution in [-0.4, -0.2) is 31.0 Å². The van der Waals surface area contributed by atoms with Crippen LogP contribution in [0.5, 0.6) is 0 Å². The third kappa shape index (κ3) is 3.60. The van der Waals surface area contributed by atoms with E-state index in [9.17, 15) is 16.8 Å². The minimum absolute atomic E-state index is 0.0411. The van der Waals surface area contributed by atoms with Crippen LogP contribution in [-0.2, 0) is 20.0 Å². The minimum Gasteiger partial charge on any atom is -0.368 e. The van der Waals surface area contributed by atoms with Gasteiger partial charge in [0, 0.05) is 5.02 Å². The molecule has 0 bridgehead atoms. The average Bonchev–Trinajstić information content (AvgIpc) is 2.90. The molecule has 0 aliphatic heterocycles. The minimum atomic E-state index is -3.84. The van der Waals surface area contributed by atoms with Gasteiger partial charge in [-0.25, -0.2) is 25.8 Å². The smallest absolute Gasteiger partial charge is 0.261 e. The fourth-order valence-corrected chi connectivity index (χ4v) is 4.77. The van der Waals surface area contributed by atoms with Crippen LogP contribution in [0, 0.1) is 0 Å². The Kier molecular flexibility index (Phi) is 4.83. The number of nitrogens with one attached hydrogen (secondary N) is 1. The Morgan fingerprint density at radius 1 is 1.07 bits per heavy atom. The second-order valence-electron chi connectivity index (χ2n) is 6.09. The molecule has 0 unspecified atom stereocenters. The SMILES string of the molecule is CC(C)S(=O)(=O)n1c(N)nc2cc(NS(=O)(=O)c3ccc(Cl)cc3)ccc21. The Labute approximate surface area is 162 Å². The van der Waals surface area contributed by atoms with Crippen molar-refractivity contribution in [2.75, 3.05) is 10.5 Å². The van der Waals surface area contributed by atoms with E-state index in [1.807, 2.05) is 0 Å². The van der Waals surface area contributed by atoms with E-state index >= 15 is 0 Å². The van der Waals surface area contributed by atoms with Gasteiger partial charge < -0.3 is 5.73 Å². The summed E-state index contributed by atoms with van der Waals surface area (Å²) in [6.45, 7) is 3.07. The zero-order valence-corrected chi connectivity index (χ0v) is 16.8. The Bertz CT molecular complexity index is 1220. The van der Waals surface area contributed by atoms with Gasteiger partial charge in [0.05, 0.1) is 26.9 Å². The van der Waals surface area contributed by atoms with E-state index < -0.39 is 25.3 Å². The van der Waals surface area contributed by atoms with Crippen molar-refractivity contribution in [3.05, 3.63) is 47.5 Å². The summed E-state index contributed by atoms with van der Waals surface area (Å²) in [5.41, 5.74) is 6.54. The molecule has 0 saturated carbocycles. The van der Waals surface area contributed by atoms with Crippen LogP contribution >= 0.6 is 11.6 Å². The summed E-state index contributed by atoms with van der Waals surface area (Å²) < 4.78 is 53.3. The number of hydrogen-bond acceptors (Lipinski definition) is 6. The summed E-state index contributed by atoms with van der Waals surface area (Å²) in [5.74, 6) is -0.184. The van der Waals surface area contributed by atoms with Gasteiger partial charge in [-0.05, 0) is 56.3 Å². The van der Waals surface area contributed by atoms with Crippen molar-refractivity contribution in [1.29, 1.82) is 0 Å². The Hall–Kier alpha value is -2.30. The van der Waals surface area contributed by atoms with Crippen LogP contribution in [0.1, 0.15) is 13.8 Å². The quantitative estimate of drug-likeness (QED) is 0.643. The lowest BCUT2D eigenvalue weighted by Crippen LogP contribution is -2.23. The van der Waals surface area contributed by atoms with Gasteiger partial charge in [0.2, 0.25) is 16.0 Å². The number of anilines is 2. The molecular formula is C16H17ClN4O4S2. The highest BCUT2D eigenvalue weighted by molar-refractivity contribution is 7.92. The number of halogens is 1. The van der Waals surface area contributed by atoms with Crippen LogP contribution in [0.4, 0.5) is 11.6 Å². The summed E-state index contributed by atoms with van der Waals surface area (Å²) in [7, 11) is -7.54. The first-order chi connectivity index (χ1) is 12.5. The number of sulfonamides is 1. The Morgan fingerprint density at radius 3 is 2.30 bits per heavy atom. The van der Waals surface area contributed by atoms with Crippen molar-refractivity contribution in [2.45, 2.75) is 24.0 Å². The van der Waals surface area contributed by atoms with Crippen LogP contribution in [0.25, 0.3) is 11.0 Å². The van der Waals surface area contributed by atoms with E-state index in [-0.39, 0.29) is 27.6 Å². The molecule has 2 aromatic carbocycles. The third-order valence-corrected chi connectivity index (χ3v) is 7.60. The first kappa shape index (κ1) is 19.5. The predicted molar refractivity (Wildman–Crippen MR) is 106 cm³/mol. The molecule has 0 spiro atoms. The van der Waals surface area contributed by atoms with Gasteiger partial charge in [-0.3, -0.25) is 4.72 Å². The maximum absolute atomic E-state index is 12.5. The summed E-state index contributed by atoms with van der Waals surface area (Å²) in [6.07, 6.45) is 0. The predicted octanol–water partition coefficient (Wildman–Crippen LogP) is 2.66. The van der Waals surface area contributed by atoms with Crippen molar-refractivity contribution in [1.82, 2.24) is 8.96 Å². The molecule has 3 rings (SSSR count). The van der Waals surface area contributed by atoms with Crippen LogP contribution in [0.15, 0.2) is 47.4 Å². The second-order valence-corrected chi connectivity index (χ2v) is 10.5. The van der Waals surface area contributed by atoms with Gasteiger partial charge in [0.1, 0.15) is 0 Å². The first-order valence-corrected chi connectivity index (χ1v) is 11.2. The van der Waals surface area contributed by atoms with Gasteiger partial charge in [-0.15, -0.1) is 0 Å². The summed E-state index contributed by atoms with van der Waals surface area (Å²) in [4.78, 5) is 4.09. The van der Waals surface area contributed by atoms with E-state index in [4.69, 9.17) is 17.3 Å². The molecule has 144 valence electrons. The monoisotopic (exact) mass is 428 g/mol. The highest BCUT2D eigenvalue weighted by Gasteiger charge is 2.24. The molecule has 0 amide bonds. The number of aromatic nitrogens is 2. The van der Waals surface area contributed by atoms with Gasteiger partial charge in [0.25, 0.3) is 10.0 Å². The Balaban J connectivity index is 2.02. The summed E-state index contributed by atoms with van der Waals surface area (Å²) >= 11 is 5.78. The van der Waals surface area contributed by atoms with Crippen molar-refractivity contribution in [3.63, 3.8) is 0 Å². The van der Waals surface area contributed by atoms with Crippen molar-refractivity contribution < 1.29 is 16.8 Å². The molecule has 0 aliphatic carbocycles. The van der Waals surface area contributed by atoms with Crippen molar-refractivity contribution >= 4 is 54.3 Å². The molecule has 3 aromatic rings. The highest BCUT2D eigenvalue weighted by Crippen LogP contribution is 2.26. The van der Waals surface area contributed by atoms with Gasteiger partial charge in [-0.2, -0.15) is 0 Å². The molecule has 0 fully saturated rings. The number of nitrogens with zero attached hydrogens (tertiary/aromatic N) is 2. The van der Waals surface area contributed by atoms with Crippen molar-refractivity contribution in [3.8, 4) is 0 Å². The van der Waals surface area contributed by atoms with Gasteiger partial charge in [0.15, 0.2) is 0 Å². The molecular weight excluding hydrogens is 412 g/mol. The summed E-state index contributed by atoms with van der Waals surface area (Å²) in [5, 5.41) is -0.275. The molecule has 3 N–H and O–H groups in total. The molecule has 1 aromatic heterocycles. The lowest BCUT2D eigenvalue weighted by Gasteiger charge is -2.11. The maximum Gasteiger partial charge on any atom is 0.261 e. The van der Waals surface area contributed by atoms with E-state index in [0.29, 0.717) is 5.02 Å². The largest absolute Gasteiger partial charge is 0.368 e. The fraction of sp³-hybridized carbons (Fsp3) is 0.188. The van der Waals surface area contributed by atoms with Gasteiger partial charge >= 0.3 is 0 Å². The number of imidazole rings is 1. The number of benzene rings is 2. The number of fused-ring (bicyclic) bond motifs is 1. The number of nitrogens with two attached hydrogens (primary N) is 1. The fourth-order valence-electron chi connectivity index (χ4n) is 2.45. The molecule has 27 heavy (non-hydrogen) atoms. The topological polar surface area (TPSA) is 124 Å². The zero-order valence-electron chi connectivity index (χ0n) is 14.4. The van der Waals surface area contributed by atoms with E-state index in [1.165, 1.54) is 56.3 Å². The first-order valence-electron chi connectivity index (χ1n) is 7.83. The molecule has 8 nitrogen and oxygen atoms in total. The van der Waals surface area contributed by atoms with Crippen LogP contribution < -0.4 is 10.5 Å². The number of hydrogen-bond donors (Lipinski definition) is 2. The van der Waals surface area contributed by atoms with Gasteiger partial charge in [-0.1, -0.05) is 11.6 Å². The molecule has 11 heteroatoms. The van der Waals surface area contributed by atoms with E-state index in [2.05, 4.69) is 9.71 Å². The standard InChI is InChI=1S/C16H17ClN4O4S2/c1-10(2)27(24,25)21-15-8-5-12(9-14(15)19-16(21)18)20-26(22,23)13-6-3-11(17)4-7-13/h3-10,20H,1-2H3,(H2,18,19). The van der Waals surface area contributed by atoms with Crippen LogP contribution in [0.3, 0.4) is 0 Å². The molecule has 0 radical (unpaired) electrons. The zero-order chi connectivity index (χ0) is 20.0. The van der Waals surface area contributed by atoms with E-state index in [0.717, 1.165) is 3.97 Å². The lowest BCUT2D eigenvalue weighted by molar-refractivity contribution is 0.580. The second kappa shape index (κ2) is 6.70. The molecule has 0 aliphatic rings. The maximum atomic E-state index is 12.5.